The zero-order valence-corrected chi connectivity index (χ0v) is 14.2. The number of nitrogens with zero attached hydrogens (tertiary/aromatic N) is 1. The molecule has 1 aromatic carbocycles. The number of nitro groups is 1. The predicted molar refractivity (Wildman–Crippen MR) is 86.2 cm³/mol. The molecule has 0 saturated carbocycles. The summed E-state index contributed by atoms with van der Waals surface area (Å²) >= 11 is 5.87. The molecule has 0 aliphatic carbocycles. The van der Waals surface area contributed by atoms with E-state index in [-0.39, 0.29) is 40.1 Å². The fourth-order valence-corrected chi connectivity index (χ4v) is 4.18. The highest BCUT2D eigenvalue weighted by atomic mass is 35.5. The molecular weight excluding hydrogens is 353 g/mol. The Balaban J connectivity index is 0.00000242. The van der Waals surface area contributed by atoms with Crippen molar-refractivity contribution in [2.45, 2.75) is 36.7 Å². The van der Waals surface area contributed by atoms with Gasteiger partial charge in [0, 0.05) is 24.2 Å². The van der Waals surface area contributed by atoms with Gasteiger partial charge in [0.1, 0.15) is 4.90 Å². The molecule has 7 nitrogen and oxygen atoms in total. The summed E-state index contributed by atoms with van der Waals surface area (Å²) in [5.41, 5.74) is -0.244. The van der Waals surface area contributed by atoms with Gasteiger partial charge >= 0.3 is 0 Å². The fraction of sp³-hybridized carbons (Fsp3) is 0.500. The van der Waals surface area contributed by atoms with Gasteiger partial charge in [-0.3, -0.25) is 10.1 Å². The Morgan fingerprint density at radius 2 is 2.14 bits per heavy atom. The molecule has 2 atom stereocenters. The van der Waals surface area contributed by atoms with Gasteiger partial charge in [-0.15, -0.1) is 12.4 Å². The molecule has 2 N–H and O–H groups in total. The van der Waals surface area contributed by atoms with Gasteiger partial charge in [0.2, 0.25) is 10.0 Å². The third kappa shape index (κ3) is 4.30. The maximum absolute atomic E-state index is 12.4. The summed E-state index contributed by atoms with van der Waals surface area (Å²) in [7, 11) is -3.81. The summed E-state index contributed by atoms with van der Waals surface area (Å²) in [6.07, 6.45) is 1.61. The standard InChI is InChI=1S/C12H16ClN3O4S.ClH/c1-8-11(3-2-6-14-8)15-21(19,20)12-5-4-9(16(17)18)7-10(12)13;/h4-5,7-8,11,14-15H,2-3,6H2,1H3;1H. The lowest BCUT2D eigenvalue weighted by atomic mass is 10.0. The molecule has 1 saturated heterocycles. The molecule has 0 aromatic heterocycles. The number of hydrogen-bond donors (Lipinski definition) is 2. The van der Waals surface area contributed by atoms with Crippen LogP contribution in [0.5, 0.6) is 0 Å². The van der Waals surface area contributed by atoms with Gasteiger partial charge in [0.15, 0.2) is 0 Å². The van der Waals surface area contributed by atoms with E-state index in [4.69, 9.17) is 11.6 Å². The second-order valence-electron chi connectivity index (χ2n) is 4.98. The maximum atomic E-state index is 12.4. The molecule has 2 rings (SSSR count). The minimum Gasteiger partial charge on any atom is -0.313 e. The molecule has 124 valence electrons. The van der Waals surface area contributed by atoms with Crippen molar-refractivity contribution in [3.8, 4) is 0 Å². The van der Waals surface area contributed by atoms with Crippen LogP contribution >= 0.6 is 24.0 Å². The molecule has 0 amide bonds. The minimum absolute atomic E-state index is 0. The van der Waals surface area contributed by atoms with Crippen LogP contribution in [0.2, 0.25) is 5.02 Å². The van der Waals surface area contributed by atoms with Gasteiger partial charge in [-0.25, -0.2) is 13.1 Å². The van der Waals surface area contributed by atoms with Crippen LogP contribution < -0.4 is 10.0 Å². The number of nitro benzene ring substituents is 1. The first kappa shape index (κ1) is 19.1. The predicted octanol–water partition coefficient (Wildman–Crippen LogP) is 2.09. The maximum Gasteiger partial charge on any atom is 0.271 e. The second-order valence-corrected chi connectivity index (χ2v) is 7.07. The molecule has 1 aliphatic heterocycles. The van der Waals surface area contributed by atoms with Crippen LogP contribution in [0.1, 0.15) is 19.8 Å². The number of hydrogen-bond acceptors (Lipinski definition) is 5. The number of piperidine rings is 1. The smallest absolute Gasteiger partial charge is 0.271 e. The Morgan fingerprint density at radius 3 is 2.68 bits per heavy atom. The van der Waals surface area contributed by atoms with E-state index in [2.05, 4.69) is 10.0 Å². The van der Waals surface area contributed by atoms with Crippen LogP contribution in [-0.4, -0.2) is 32.0 Å². The summed E-state index contributed by atoms with van der Waals surface area (Å²) in [5.74, 6) is 0. The van der Waals surface area contributed by atoms with Gasteiger partial charge < -0.3 is 5.32 Å². The van der Waals surface area contributed by atoms with Crippen molar-refractivity contribution >= 4 is 39.7 Å². The molecule has 2 unspecified atom stereocenters. The van der Waals surface area contributed by atoms with Crippen molar-refractivity contribution in [1.82, 2.24) is 10.0 Å². The zero-order valence-electron chi connectivity index (χ0n) is 11.8. The molecule has 22 heavy (non-hydrogen) atoms. The highest BCUT2D eigenvalue weighted by molar-refractivity contribution is 7.89. The van der Waals surface area contributed by atoms with Gasteiger partial charge in [-0.1, -0.05) is 11.6 Å². The largest absolute Gasteiger partial charge is 0.313 e. The van der Waals surface area contributed by atoms with Gasteiger partial charge in [0.25, 0.3) is 5.69 Å². The van der Waals surface area contributed by atoms with Crippen molar-refractivity contribution in [2.75, 3.05) is 6.54 Å². The van der Waals surface area contributed by atoms with E-state index in [9.17, 15) is 18.5 Å². The van der Waals surface area contributed by atoms with E-state index in [1.165, 1.54) is 0 Å². The second kappa shape index (κ2) is 7.56. The van der Waals surface area contributed by atoms with Crippen molar-refractivity contribution in [3.63, 3.8) is 0 Å². The van der Waals surface area contributed by atoms with Crippen molar-refractivity contribution < 1.29 is 13.3 Å². The minimum atomic E-state index is -3.81. The Labute approximate surface area is 140 Å². The normalized spacial score (nSPS) is 21.9. The lowest BCUT2D eigenvalue weighted by Gasteiger charge is -2.30. The summed E-state index contributed by atoms with van der Waals surface area (Å²) in [4.78, 5) is 9.88. The Bertz CT molecular complexity index is 654. The Kier molecular flexibility index (Phi) is 6.57. The molecule has 1 aromatic rings. The average Bonchev–Trinajstić information content (AvgIpc) is 2.40. The van der Waals surface area contributed by atoms with Gasteiger partial charge in [0.05, 0.1) is 9.95 Å². The summed E-state index contributed by atoms with van der Waals surface area (Å²) in [5, 5.41) is 13.7. The molecular formula is C12H17Cl2N3O4S. The number of nitrogens with one attached hydrogen (secondary N) is 2. The highest BCUT2D eigenvalue weighted by Gasteiger charge is 2.28. The van der Waals surface area contributed by atoms with E-state index in [0.717, 1.165) is 37.6 Å². The van der Waals surface area contributed by atoms with E-state index in [0.29, 0.717) is 0 Å². The van der Waals surface area contributed by atoms with Gasteiger partial charge in [-0.2, -0.15) is 0 Å². The summed E-state index contributed by atoms with van der Waals surface area (Å²) in [6, 6.07) is 3.12. The fourth-order valence-electron chi connectivity index (χ4n) is 2.29. The molecule has 0 bridgehead atoms. The van der Waals surface area contributed by atoms with Crippen LogP contribution in [0, 0.1) is 10.1 Å². The van der Waals surface area contributed by atoms with E-state index >= 15 is 0 Å². The molecule has 1 aliphatic rings. The highest BCUT2D eigenvalue weighted by Crippen LogP contribution is 2.26. The topological polar surface area (TPSA) is 101 Å². The quantitative estimate of drug-likeness (QED) is 0.624. The first-order valence-electron chi connectivity index (χ1n) is 6.51. The molecule has 0 radical (unpaired) electrons. The number of benzene rings is 1. The molecule has 1 fully saturated rings. The van der Waals surface area contributed by atoms with Crippen LogP contribution in [0.25, 0.3) is 0 Å². The van der Waals surface area contributed by atoms with Crippen molar-refractivity contribution in [2.24, 2.45) is 0 Å². The number of halogens is 2. The number of rotatable bonds is 4. The van der Waals surface area contributed by atoms with Crippen molar-refractivity contribution in [1.29, 1.82) is 0 Å². The Hall–Kier alpha value is -0.930. The van der Waals surface area contributed by atoms with Crippen molar-refractivity contribution in [3.05, 3.63) is 33.3 Å². The van der Waals surface area contributed by atoms with E-state index < -0.39 is 14.9 Å². The lowest BCUT2D eigenvalue weighted by Crippen LogP contribution is -2.51. The lowest BCUT2D eigenvalue weighted by molar-refractivity contribution is -0.384. The molecule has 1 heterocycles. The number of non-ortho nitro benzene ring substituents is 1. The van der Waals surface area contributed by atoms with E-state index in [1.807, 2.05) is 6.92 Å². The summed E-state index contributed by atoms with van der Waals surface area (Å²) < 4.78 is 27.3. The van der Waals surface area contributed by atoms with Crippen LogP contribution in [-0.2, 0) is 10.0 Å². The SMILES string of the molecule is CC1NCCCC1NS(=O)(=O)c1ccc([N+](=O)[O-])cc1Cl.Cl. The van der Waals surface area contributed by atoms with Gasteiger partial charge in [-0.05, 0) is 32.4 Å². The van der Waals surface area contributed by atoms with Crippen LogP contribution in [0.4, 0.5) is 5.69 Å². The number of sulfonamides is 1. The third-order valence-electron chi connectivity index (χ3n) is 3.48. The summed E-state index contributed by atoms with van der Waals surface area (Å²) in [6.45, 7) is 2.77. The molecule has 10 heteroatoms. The average molecular weight is 370 g/mol. The molecule has 0 spiro atoms. The third-order valence-corrected chi connectivity index (χ3v) is 5.46. The van der Waals surface area contributed by atoms with E-state index in [1.54, 1.807) is 0 Å². The first-order valence-corrected chi connectivity index (χ1v) is 8.37. The monoisotopic (exact) mass is 369 g/mol. The Morgan fingerprint density at radius 1 is 1.45 bits per heavy atom. The van der Waals surface area contributed by atoms with Crippen LogP contribution in [0.3, 0.4) is 0 Å². The zero-order chi connectivity index (χ0) is 15.6. The van der Waals surface area contributed by atoms with Crippen LogP contribution in [0.15, 0.2) is 23.1 Å². The first-order chi connectivity index (χ1) is 9.81.